The highest BCUT2D eigenvalue weighted by atomic mass is 16.7. The predicted octanol–water partition coefficient (Wildman–Crippen LogP) is 3.63. The molecule has 40 heavy (non-hydrogen) atoms. The molecule has 212 valence electrons. The maximum atomic E-state index is 12.2. The van der Waals surface area contributed by atoms with Crippen molar-refractivity contribution in [2.24, 2.45) is 13.0 Å². The van der Waals surface area contributed by atoms with Gasteiger partial charge in [0.15, 0.2) is 0 Å². The van der Waals surface area contributed by atoms with Crippen molar-refractivity contribution in [1.82, 2.24) is 25.0 Å². The predicted molar refractivity (Wildman–Crippen MR) is 142 cm³/mol. The first kappa shape index (κ1) is 28.4. The van der Waals surface area contributed by atoms with Crippen LogP contribution in [-0.2, 0) is 34.3 Å². The number of piperidine rings is 1. The highest BCUT2D eigenvalue weighted by Gasteiger charge is 2.26. The van der Waals surface area contributed by atoms with E-state index in [2.05, 4.69) is 15.2 Å². The highest BCUT2D eigenvalue weighted by molar-refractivity contribution is 5.70. The van der Waals surface area contributed by atoms with Crippen molar-refractivity contribution >= 4 is 23.6 Å². The Morgan fingerprint density at radius 3 is 2.65 bits per heavy atom. The minimum Gasteiger partial charge on any atom is -0.466 e. The topological polar surface area (TPSA) is 165 Å². The number of carbonyl (C=O) groups excluding carboxylic acids is 2. The average molecular weight is 554 g/mol. The molecule has 3 aromatic rings. The van der Waals surface area contributed by atoms with Crippen LogP contribution in [0.5, 0.6) is 5.75 Å². The Hall–Kier alpha value is -4.62. The van der Waals surface area contributed by atoms with Crippen LogP contribution in [0.4, 0.5) is 16.3 Å². The quantitative estimate of drug-likeness (QED) is 0.155. The average Bonchev–Trinajstić information content (AvgIpc) is 3.32. The molecule has 1 aliphatic rings. The molecule has 0 saturated carbocycles. The number of esters is 1. The molecule has 3 heterocycles. The smallest absolute Gasteiger partial charge is 0.466 e. The van der Waals surface area contributed by atoms with E-state index in [1.165, 1.54) is 28.9 Å². The van der Waals surface area contributed by atoms with Crippen molar-refractivity contribution in [2.75, 3.05) is 24.6 Å². The zero-order valence-electron chi connectivity index (χ0n) is 22.6. The Balaban J connectivity index is 1.44. The number of nitro groups is 1. The van der Waals surface area contributed by atoms with Crippen LogP contribution >= 0.6 is 0 Å². The first-order chi connectivity index (χ1) is 19.3. The van der Waals surface area contributed by atoms with Crippen LogP contribution in [0.1, 0.15) is 44.5 Å². The number of nitrogens with zero attached hydrogens (tertiary/aromatic N) is 7. The molecule has 0 bridgehead atoms. The van der Waals surface area contributed by atoms with E-state index in [4.69, 9.17) is 24.2 Å². The SMILES string of the molecule is CCOC(=O)C[C@H]1CCCN(c2ncc(-c3nnn(C)c3COC(=O)Oc3ccc([N+](=O)[O-])cc3)nc2CC)C1. The zero-order valence-corrected chi connectivity index (χ0v) is 22.6. The first-order valence-corrected chi connectivity index (χ1v) is 13.0. The second-order valence-corrected chi connectivity index (χ2v) is 9.24. The lowest BCUT2D eigenvalue weighted by Crippen LogP contribution is -2.37. The number of carbonyl (C=O) groups is 2. The monoisotopic (exact) mass is 553 g/mol. The summed E-state index contributed by atoms with van der Waals surface area (Å²) in [5.41, 5.74) is 2.04. The van der Waals surface area contributed by atoms with Crippen LogP contribution in [-0.4, -0.2) is 61.7 Å². The molecule has 14 nitrogen and oxygen atoms in total. The summed E-state index contributed by atoms with van der Waals surface area (Å²) in [4.78, 5) is 46.2. The third-order valence-electron chi connectivity index (χ3n) is 6.50. The first-order valence-electron chi connectivity index (χ1n) is 13.0. The number of anilines is 1. The molecule has 0 amide bonds. The Labute approximate surface area is 230 Å². The minimum atomic E-state index is -0.987. The summed E-state index contributed by atoms with van der Waals surface area (Å²) in [6.45, 7) is 5.49. The van der Waals surface area contributed by atoms with E-state index in [9.17, 15) is 19.7 Å². The van der Waals surface area contributed by atoms with E-state index >= 15 is 0 Å². The largest absolute Gasteiger partial charge is 0.514 e. The number of non-ortho nitro benzene ring substituents is 1. The summed E-state index contributed by atoms with van der Waals surface area (Å²) in [5, 5.41) is 19.0. The van der Waals surface area contributed by atoms with Gasteiger partial charge in [0.1, 0.15) is 35.3 Å². The molecular weight excluding hydrogens is 522 g/mol. The van der Waals surface area contributed by atoms with Crippen molar-refractivity contribution in [1.29, 1.82) is 0 Å². The van der Waals surface area contributed by atoms with E-state index in [1.54, 1.807) is 20.2 Å². The van der Waals surface area contributed by atoms with Crippen molar-refractivity contribution in [3.63, 3.8) is 0 Å². The summed E-state index contributed by atoms with van der Waals surface area (Å²) in [7, 11) is 1.66. The fourth-order valence-electron chi connectivity index (χ4n) is 4.54. The fraction of sp³-hybridized carbons (Fsp3) is 0.462. The van der Waals surface area contributed by atoms with Crippen LogP contribution < -0.4 is 9.64 Å². The molecule has 0 spiro atoms. The number of hydrogen-bond acceptors (Lipinski definition) is 12. The molecule has 1 atom stereocenters. The molecule has 4 rings (SSSR count). The molecule has 14 heteroatoms. The molecule has 1 aliphatic heterocycles. The number of ether oxygens (including phenoxy) is 3. The molecule has 1 saturated heterocycles. The number of rotatable bonds is 10. The normalized spacial score (nSPS) is 15.0. The maximum Gasteiger partial charge on any atom is 0.514 e. The Kier molecular flexibility index (Phi) is 9.19. The molecule has 0 radical (unpaired) electrons. The van der Waals surface area contributed by atoms with Gasteiger partial charge in [-0.2, -0.15) is 0 Å². The van der Waals surface area contributed by atoms with Gasteiger partial charge < -0.3 is 19.1 Å². The van der Waals surface area contributed by atoms with Gasteiger partial charge in [0.05, 0.1) is 29.8 Å². The fourth-order valence-corrected chi connectivity index (χ4v) is 4.54. The molecule has 2 aromatic heterocycles. The van der Waals surface area contributed by atoms with Crippen molar-refractivity contribution < 1.29 is 28.7 Å². The van der Waals surface area contributed by atoms with Gasteiger partial charge in [-0.3, -0.25) is 14.9 Å². The zero-order chi connectivity index (χ0) is 28.6. The van der Waals surface area contributed by atoms with Crippen LogP contribution in [0, 0.1) is 16.0 Å². The van der Waals surface area contributed by atoms with E-state index in [0.717, 1.165) is 30.9 Å². The molecule has 0 aliphatic carbocycles. The summed E-state index contributed by atoms with van der Waals surface area (Å²) < 4.78 is 17.0. The second-order valence-electron chi connectivity index (χ2n) is 9.24. The standard InChI is InChI=1S/C26H31N7O7/c1-4-20-25(32-12-6-7-17(15-32)13-23(34)38-5-2)27-14-21(28-20)24-22(31(3)30-29-24)16-39-26(35)40-19-10-8-18(9-11-19)33(36)37/h8-11,14,17H,4-7,12-13,15-16H2,1-3H3/t17-/m1/s1. The van der Waals surface area contributed by atoms with Crippen molar-refractivity contribution in [3.05, 3.63) is 52.0 Å². The van der Waals surface area contributed by atoms with Gasteiger partial charge >= 0.3 is 12.1 Å². The Bertz CT molecular complexity index is 1360. The summed E-state index contributed by atoms with van der Waals surface area (Å²) in [6.07, 6.45) is 3.54. The third-order valence-corrected chi connectivity index (χ3v) is 6.50. The molecule has 0 unspecified atom stereocenters. The van der Waals surface area contributed by atoms with E-state index in [1.807, 2.05) is 6.92 Å². The highest BCUT2D eigenvalue weighted by Crippen LogP contribution is 2.28. The molecule has 1 fully saturated rings. The Morgan fingerprint density at radius 2 is 1.95 bits per heavy atom. The van der Waals surface area contributed by atoms with Crippen LogP contribution in [0.2, 0.25) is 0 Å². The number of aryl methyl sites for hydroxylation is 2. The lowest BCUT2D eigenvalue weighted by molar-refractivity contribution is -0.384. The Morgan fingerprint density at radius 1 is 1.18 bits per heavy atom. The minimum absolute atomic E-state index is 0.107. The van der Waals surface area contributed by atoms with E-state index < -0.39 is 11.1 Å². The van der Waals surface area contributed by atoms with Gasteiger partial charge in [0.25, 0.3) is 5.69 Å². The number of hydrogen-bond donors (Lipinski definition) is 0. The number of aromatic nitrogens is 5. The molecular formula is C26H31N7O7. The van der Waals surface area contributed by atoms with E-state index in [0.29, 0.717) is 43.1 Å². The van der Waals surface area contributed by atoms with Gasteiger partial charge in [-0.05, 0) is 44.2 Å². The van der Waals surface area contributed by atoms with Gasteiger partial charge in [0.2, 0.25) is 0 Å². The maximum absolute atomic E-state index is 12.2. The van der Waals surface area contributed by atoms with Crippen molar-refractivity contribution in [2.45, 2.75) is 46.1 Å². The van der Waals surface area contributed by atoms with E-state index in [-0.39, 0.29) is 29.9 Å². The van der Waals surface area contributed by atoms with Gasteiger partial charge in [0, 0.05) is 32.3 Å². The second kappa shape index (κ2) is 13.0. The van der Waals surface area contributed by atoms with Crippen LogP contribution in [0.3, 0.4) is 0 Å². The van der Waals surface area contributed by atoms with Gasteiger partial charge in [-0.15, -0.1) is 5.10 Å². The van der Waals surface area contributed by atoms with Crippen LogP contribution in [0.15, 0.2) is 30.5 Å². The summed E-state index contributed by atoms with van der Waals surface area (Å²) >= 11 is 0. The van der Waals surface area contributed by atoms with Crippen LogP contribution in [0.25, 0.3) is 11.4 Å². The lowest BCUT2D eigenvalue weighted by Gasteiger charge is -2.34. The number of benzene rings is 1. The summed E-state index contributed by atoms with van der Waals surface area (Å²) in [6, 6.07) is 5.07. The third kappa shape index (κ3) is 6.87. The van der Waals surface area contributed by atoms with Gasteiger partial charge in [-0.25, -0.2) is 19.4 Å². The molecule has 0 N–H and O–H groups in total. The lowest BCUT2D eigenvalue weighted by atomic mass is 9.94. The summed E-state index contributed by atoms with van der Waals surface area (Å²) in [5.74, 6) is 0.886. The number of nitro benzene ring substituents is 1. The van der Waals surface area contributed by atoms with Crippen molar-refractivity contribution in [3.8, 4) is 17.1 Å². The van der Waals surface area contributed by atoms with Gasteiger partial charge in [-0.1, -0.05) is 12.1 Å². The molecule has 1 aromatic carbocycles.